The van der Waals surface area contributed by atoms with Gasteiger partial charge in [-0.2, -0.15) is 0 Å². The van der Waals surface area contributed by atoms with Gasteiger partial charge in [-0.15, -0.1) is 0 Å². The van der Waals surface area contributed by atoms with Gasteiger partial charge in [-0.25, -0.2) is 0 Å². The molecule has 0 rings (SSSR count). The predicted octanol–water partition coefficient (Wildman–Crippen LogP) is 3.57. The third-order valence-corrected chi connectivity index (χ3v) is 2.14. The lowest BCUT2D eigenvalue weighted by atomic mass is 9.93. The third kappa shape index (κ3) is 3.51. The molecule has 12 heavy (non-hydrogen) atoms. The SMILES string of the molecule is C=CC(=N)C(=C)C(C)CCCC. The van der Waals surface area contributed by atoms with Crippen molar-refractivity contribution in [1.82, 2.24) is 0 Å². The molecule has 0 aromatic heterocycles. The quantitative estimate of drug-likeness (QED) is 0.582. The van der Waals surface area contributed by atoms with Crippen LogP contribution in [0.15, 0.2) is 24.8 Å². The molecule has 0 amide bonds. The number of rotatable bonds is 6. The molecule has 1 unspecified atom stereocenters. The van der Waals surface area contributed by atoms with Crippen LogP contribution in [0.3, 0.4) is 0 Å². The summed E-state index contributed by atoms with van der Waals surface area (Å²) in [5.41, 5.74) is 1.40. The van der Waals surface area contributed by atoms with Crippen molar-refractivity contribution in [2.45, 2.75) is 33.1 Å². The van der Waals surface area contributed by atoms with Crippen LogP contribution in [0, 0.1) is 11.3 Å². The topological polar surface area (TPSA) is 23.9 Å². The van der Waals surface area contributed by atoms with Crippen LogP contribution < -0.4 is 0 Å². The average molecular weight is 165 g/mol. The monoisotopic (exact) mass is 165 g/mol. The summed E-state index contributed by atoms with van der Waals surface area (Å²) in [4.78, 5) is 0. The lowest BCUT2D eigenvalue weighted by Crippen LogP contribution is -2.06. The van der Waals surface area contributed by atoms with E-state index in [1.807, 2.05) is 0 Å². The zero-order chi connectivity index (χ0) is 9.56. The van der Waals surface area contributed by atoms with Crippen molar-refractivity contribution in [3.63, 3.8) is 0 Å². The molecule has 0 heterocycles. The Labute approximate surface area is 75.7 Å². The molecule has 0 fully saturated rings. The Morgan fingerprint density at radius 2 is 2.17 bits per heavy atom. The van der Waals surface area contributed by atoms with E-state index in [9.17, 15) is 0 Å². The number of hydrogen-bond donors (Lipinski definition) is 1. The minimum absolute atomic E-state index is 0.426. The Bertz CT molecular complexity index is 179. The summed E-state index contributed by atoms with van der Waals surface area (Å²) in [5.74, 6) is 0.426. The van der Waals surface area contributed by atoms with Crippen molar-refractivity contribution in [1.29, 1.82) is 5.41 Å². The molecule has 1 N–H and O–H groups in total. The molecule has 68 valence electrons. The number of hydrogen-bond acceptors (Lipinski definition) is 1. The number of nitrogens with one attached hydrogen (secondary N) is 1. The molecule has 0 aromatic rings. The maximum Gasteiger partial charge on any atom is 0.0562 e. The molecular weight excluding hydrogens is 146 g/mol. The second-order valence-corrected chi connectivity index (χ2v) is 3.19. The predicted molar refractivity (Wildman–Crippen MR) is 55.8 cm³/mol. The Morgan fingerprint density at radius 3 is 2.58 bits per heavy atom. The summed E-state index contributed by atoms with van der Waals surface area (Å²) in [7, 11) is 0. The average Bonchev–Trinajstić information content (AvgIpc) is 2.11. The summed E-state index contributed by atoms with van der Waals surface area (Å²) in [6.07, 6.45) is 5.11. The maximum atomic E-state index is 7.49. The van der Waals surface area contributed by atoms with Gasteiger partial charge < -0.3 is 5.41 Å². The lowest BCUT2D eigenvalue weighted by Gasteiger charge is -2.12. The molecule has 0 aliphatic heterocycles. The summed E-state index contributed by atoms with van der Waals surface area (Å²) in [5, 5.41) is 7.49. The highest BCUT2D eigenvalue weighted by molar-refractivity contribution is 6.05. The summed E-state index contributed by atoms with van der Waals surface area (Å²) < 4.78 is 0. The molecule has 0 spiro atoms. The van der Waals surface area contributed by atoms with E-state index in [4.69, 9.17) is 5.41 Å². The van der Waals surface area contributed by atoms with Crippen molar-refractivity contribution in [3.8, 4) is 0 Å². The standard InChI is InChI=1S/C11H19N/c1-5-7-8-9(3)10(4)11(12)6-2/h6,9,12H,2,4-5,7-8H2,1,3H3. The molecule has 0 aliphatic carbocycles. The van der Waals surface area contributed by atoms with E-state index in [2.05, 4.69) is 27.0 Å². The normalized spacial score (nSPS) is 12.2. The van der Waals surface area contributed by atoms with E-state index in [1.54, 1.807) is 6.08 Å². The molecule has 0 aromatic carbocycles. The van der Waals surface area contributed by atoms with Crippen LogP contribution in [0.1, 0.15) is 33.1 Å². The molecule has 1 nitrogen and oxygen atoms in total. The Hall–Kier alpha value is -0.850. The van der Waals surface area contributed by atoms with Gasteiger partial charge in [0.2, 0.25) is 0 Å². The first-order chi connectivity index (χ1) is 5.63. The highest BCUT2D eigenvalue weighted by Crippen LogP contribution is 2.16. The molecule has 0 aliphatic rings. The van der Waals surface area contributed by atoms with Crippen molar-refractivity contribution >= 4 is 5.71 Å². The second-order valence-electron chi connectivity index (χ2n) is 3.19. The Kier molecular flexibility index (Phi) is 5.35. The summed E-state index contributed by atoms with van der Waals surface area (Å²) in [6, 6.07) is 0. The van der Waals surface area contributed by atoms with E-state index in [0.29, 0.717) is 11.6 Å². The van der Waals surface area contributed by atoms with Gasteiger partial charge >= 0.3 is 0 Å². The molecule has 0 bridgehead atoms. The van der Waals surface area contributed by atoms with Crippen LogP contribution in [0.4, 0.5) is 0 Å². The van der Waals surface area contributed by atoms with Gasteiger partial charge in [-0.05, 0) is 24.0 Å². The van der Waals surface area contributed by atoms with Gasteiger partial charge in [0.05, 0.1) is 5.71 Å². The molecule has 1 atom stereocenters. The fourth-order valence-electron chi connectivity index (χ4n) is 1.08. The Morgan fingerprint density at radius 1 is 1.58 bits per heavy atom. The van der Waals surface area contributed by atoms with Crippen molar-refractivity contribution in [2.75, 3.05) is 0 Å². The van der Waals surface area contributed by atoms with Crippen LogP contribution in [0.25, 0.3) is 0 Å². The minimum Gasteiger partial charge on any atom is -0.301 e. The molecule has 0 radical (unpaired) electrons. The Balaban J connectivity index is 3.92. The smallest absolute Gasteiger partial charge is 0.0562 e. The second kappa shape index (κ2) is 5.76. The third-order valence-electron chi connectivity index (χ3n) is 2.14. The van der Waals surface area contributed by atoms with E-state index in [1.165, 1.54) is 12.8 Å². The first-order valence-corrected chi connectivity index (χ1v) is 4.53. The highest BCUT2D eigenvalue weighted by Gasteiger charge is 2.07. The zero-order valence-corrected chi connectivity index (χ0v) is 8.19. The molecule has 1 heteroatoms. The summed E-state index contributed by atoms with van der Waals surface area (Å²) >= 11 is 0. The first kappa shape index (κ1) is 11.2. The van der Waals surface area contributed by atoms with Crippen LogP contribution in [0.5, 0.6) is 0 Å². The van der Waals surface area contributed by atoms with Gasteiger partial charge in [0, 0.05) is 0 Å². The van der Waals surface area contributed by atoms with E-state index < -0.39 is 0 Å². The van der Waals surface area contributed by atoms with Crippen molar-refractivity contribution < 1.29 is 0 Å². The van der Waals surface area contributed by atoms with Crippen LogP contribution in [-0.4, -0.2) is 5.71 Å². The summed E-state index contributed by atoms with van der Waals surface area (Å²) in [6.45, 7) is 11.7. The van der Waals surface area contributed by atoms with E-state index in [0.717, 1.165) is 12.0 Å². The fraction of sp³-hybridized carbons (Fsp3) is 0.545. The first-order valence-electron chi connectivity index (χ1n) is 4.53. The van der Waals surface area contributed by atoms with Crippen LogP contribution in [0.2, 0.25) is 0 Å². The van der Waals surface area contributed by atoms with E-state index >= 15 is 0 Å². The van der Waals surface area contributed by atoms with Gasteiger partial charge in [0.25, 0.3) is 0 Å². The van der Waals surface area contributed by atoms with E-state index in [-0.39, 0.29) is 0 Å². The fourth-order valence-corrected chi connectivity index (χ4v) is 1.08. The lowest BCUT2D eigenvalue weighted by molar-refractivity contribution is 0.587. The minimum atomic E-state index is 0.426. The van der Waals surface area contributed by atoms with Gasteiger partial charge in [0.1, 0.15) is 0 Å². The van der Waals surface area contributed by atoms with Crippen LogP contribution in [-0.2, 0) is 0 Å². The van der Waals surface area contributed by atoms with Crippen molar-refractivity contribution in [2.24, 2.45) is 5.92 Å². The van der Waals surface area contributed by atoms with Gasteiger partial charge in [-0.1, -0.05) is 39.8 Å². The van der Waals surface area contributed by atoms with Crippen LogP contribution >= 0.6 is 0 Å². The molecule has 0 saturated carbocycles. The zero-order valence-electron chi connectivity index (χ0n) is 8.19. The highest BCUT2D eigenvalue weighted by atomic mass is 14.4. The molecular formula is C11H19N. The largest absolute Gasteiger partial charge is 0.301 e. The number of allylic oxidation sites excluding steroid dienone is 2. The van der Waals surface area contributed by atoms with Gasteiger partial charge in [-0.3, -0.25) is 0 Å². The molecule has 0 saturated heterocycles. The van der Waals surface area contributed by atoms with Crippen molar-refractivity contribution in [3.05, 3.63) is 24.8 Å². The van der Waals surface area contributed by atoms with Gasteiger partial charge in [0.15, 0.2) is 0 Å². The maximum absolute atomic E-state index is 7.49. The number of unbranched alkanes of at least 4 members (excludes halogenated alkanes) is 1.